The zero-order valence-corrected chi connectivity index (χ0v) is 12.2. The molecule has 0 aromatic heterocycles. The molecule has 0 heterocycles. The Labute approximate surface area is 120 Å². The van der Waals surface area contributed by atoms with Crippen LogP contribution in [0.4, 0.5) is 4.39 Å². The number of aromatic hydroxyl groups is 1. The van der Waals surface area contributed by atoms with E-state index in [4.69, 9.17) is 5.41 Å². The van der Waals surface area contributed by atoms with E-state index in [1.54, 1.807) is 18.2 Å². The predicted octanol–water partition coefficient (Wildman–Crippen LogP) is 4.47. The Kier molecular flexibility index (Phi) is 3.82. The summed E-state index contributed by atoms with van der Waals surface area (Å²) in [5.41, 5.74) is 1.01. The van der Waals surface area contributed by atoms with Gasteiger partial charge in [-0.2, -0.15) is 0 Å². The quantitative estimate of drug-likeness (QED) is 0.750. The first-order valence-corrected chi connectivity index (χ1v) is 6.61. The first-order valence-electron chi connectivity index (χ1n) is 5.02. The zero-order chi connectivity index (χ0) is 13.3. The van der Waals surface area contributed by atoms with Crippen molar-refractivity contribution >= 4 is 37.6 Å². The third-order valence-corrected chi connectivity index (χ3v) is 3.68. The standard InChI is InChI=1S/C13H8Br2FNO/c14-9-5-7(16)6-10(15)12(9)13(17)8-3-1-2-4-11(8)18/h1-6,17-18H. The van der Waals surface area contributed by atoms with E-state index >= 15 is 0 Å². The summed E-state index contributed by atoms with van der Waals surface area (Å²) >= 11 is 6.46. The van der Waals surface area contributed by atoms with Gasteiger partial charge >= 0.3 is 0 Å². The summed E-state index contributed by atoms with van der Waals surface area (Å²) in [4.78, 5) is 0. The highest BCUT2D eigenvalue weighted by molar-refractivity contribution is 9.11. The molecule has 92 valence electrons. The van der Waals surface area contributed by atoms with Crippen LogP contribution in [0.15, 0.2) is 45.3 Å². The Hall–Kier alpha value is -1.20. The molecule has 0 aliphatic carbocycles. The summed E-state index contributed by atoms with van der Waals surface area (Å²) in [6, 6.07) is 9.13. The van der Waals surface area contributed by atoms with Gasteiger partial charge in [-0.1, -0.05) is 12.1 Å². The Morgan fingerprint density at radius 2 is 1.67 bits per heavy atom. The van der Waals surface area contributed by atoms with Gasteiger partial charge in [0.2, 0.25) is 0 Å². The SMILES string of the molecule is N=C(c1ccccc1O)c1c(Br)cc(F)cc1Br. The van der Waals surface area contributed by atoms with Gasteiger partial charge in [-0.15, -0.1) is 0 Å². The minimum atomic E-state index is -0.400. The second kappa shape index (κ2) is 5.20. The number of rotatable bonds is 2. The van der Waals surface area contributed by atoms with Gasteiger partial charge in [0, 0.05) is 20.1 Å². The van der Waals surface area contributed by atoms with Gasteiger partial charge in [-0.3, -0.25) is 5.41 Å². The smallest absolute Gasteiger partial charge is 0.125 e. The highest BCUT2D eigenvalue weighted by atomic mass is 79.9. The third-order valence-electron chi connectivity index (χ3n) is 2.43. The Bertz CT molecular complexity index is 605. The van der Waals surface area contributed by atoms with Crippen molar-refractivity contribution in [3.05, 3.63) is 62.3 Å². The maximum absolute atomic E-state index is 13.2. The minimum absolute atomic E-state index is 0.0191. The highest BCUT2D eigenvalue weighted by Crippen LogP contribution is 2.31. The van der Waals surface area contributed by atoms with Crippen molar-refractivity contribution in [1.82, 2.24) is 0 Å². The molecule has 0 bridgehead atoms. The van der Waals surface area contributed by atoms with Gasteiger partial charge in [-0.05, 0) is 56.1 Å². The number of benzene rings is 2. The second-order valence-electron chi connectivity index (χ2n) is 3.64. The number of phenols is 1. The molecule has 0 spiro atoms. The number of para-hydroxylation sites is 1. The maximum atomic E-state index is 13.2. The summed E-state index contributed by atoms with van der Waals surface area (Å²) in [7, 11) is 0. The zero-order valence-electron chi connectivity index (χ0n) is 9.05. The van der Waals surface area contributed by atoms with Crippen LogP contribution >= 0.6 is 31.9 Å². The summed E-state index contributed by atoms with van der Waals surface area (Å²) < 4.78 is 14.1. The number of hydrogen-bond donors (Lipinski definition) is 2. The van der Waals surface area contributed by atoms with E-state index in [0.717, 1.165) is 0 Å². The summed E-state index contributed by atoms with van der Waals surface area (Å²) in [5.74, 6) is -0.381. The van der Waals surface area contributed by atoms with Crippen LogP contribution < -0.4 is 0 Å². The van der Waals surface area contributed by atoms with Crippen LogP contribution in [0.5, 0.6) is 5.75 Å². The Balaban J connectivity index is 2.57. The number of phenolic OH excluding ortho intramolecular Hbond substituents is 1. The fourth-order valence-corrected chi connectivity index (χ4v) is 3.13. The molecule has 0 aliphatic heterocycles. The van der Waals surface area contributed by atoms with Crippen molar-refractivity contribution < 1.29 is 9.50 Å². The molecule has 0 fully saturated rings. The van der Waals surface area contributed by atoms with Crippen LogP contribution in [0, 0.1) is 11.2 Å². The van der Waals surface area contributed by atoms with Crippen molar-refractivity contribution in [1.29, 1.82) is 5.41 Å². The first kappa shape index (κ1) is 13.2. The molecule has 0 amide bonds. The lowest BCUT2D eigenvalue weighted by Crippen LogP contribution is -2.04. The minimum Gasteiger partial charge on any atom is -0.507 e. The monoisotopic (exact) mass is 371 g/mol. The lowest BCUT2D eigenvalue weighted by atomic mass is 10.0. The van der Waals surface area contributed by atoms with Gasteiger partial charge in [-0.25, -0.2) is 4.39 Å². The summed E-state index contributed by atoms with van der Waals surface area (Å²) in [6.45, 7) is 0. The first-order chi connectivity index (χ1) is 8.50. The molecule has 2 rings (SSSR count). The van der Waals surface area contributed by atoms with E-state index in [2.05, 4.69) is 31.9 Å². The molecule has 0 radical (unpaired) electrons. The van der Waals surface area contributed by atoms with Crippen LogP contribution in [0.1, 0.15) is 11.1 Å². The molecule has 2 nitrogen and oxygen atoms in total. The molecular formula is C13H8Br2FNO. The number of halogens is 3. The fraction of sp³-hybridized carbons (Fsp3) is 0. The molecule has 2 N–H and O–H groups in total. The van der Waals surface area contributed by atoms with Gasteiger partial charge in [0.05, 0.1) is 5.71 Å². The number of nitrogens with one attached hydrogen (secondary N) is 1. The van der Waals surface area contributed by atoms with Crippen molar-refractivity contribution in [2.75, 3.05) is 0 Å². The third kappa shape index (κ3) is 2.47. The Morgan fingerprint density at radius 3 is 2.22 bits per heavy atom. The van der Waals surface area contributed by atoms with E-state index in [0.29, 0.717) is 20.1 Å². The molecular weight excluding hydrogens is 365 g/mol. The predicted molar refractivity (Wildman–Crippen MR) is 75.8 cm³/mol. The van der Waals surface area contributed by atoms with Crippen molar-refractivity contribution in [3.8, 4) is 5.75 Å². The van der Waals surface area contributed by atoms with Crippen LogP contribution in [0.2, 0.25) is 0 Å². The molecule has 2 aromatic carbocycles. The van der Waals surface area contributed by atoms with Gasteiger partial charge < -0.3 is 5.11 Å². The van der Waals surface area contributed by atoms with E-state index in [9.17, 15) is 9.50 Å². The maximum Gasteiger partial charge on any atom is 0.125 e. The molecule has 18 heavy (non-hydrogen) atoms. The van der Waals surface area contributed by atoms with E-state index in [1.165, 1.54) is 18.2 Å². The topological polar surface area (TPSA) is 44.1 Å². The second-order valence-corrected chi connectivity index (χ2v) is 5.35. The van der Waals surface area contributed by atoms with Crippen molar-refractivity contribution in [2.45, 2.75) is 0 Å². The van der Waals surface area contributed by atoms with Gasteiger partial charge in [0.15, 0.2) is 0 Å². The van der Waals surface area contributed by atoms with Crippen molar-refractivity contribution in [3.63, 3.8) is 0 Å². The fourth-order valence-electron chi connectivity index (χ4n) is 1.60. The van der Waals surface area contributed by atoms with E-state index in [-0.39, 0.29) is 11.5 Å². The summed E-state index contributed by atoms with van der Waals surface area (Å²) in [5, 5.41) is 17.9. The van der Waals surface area contributed by atoms with E-state index in [1.807, 2.05) is 0 Å². The van der Waals surface area contributed by atoms with Crippen LogP contribution in [0.3, 0.4) is 0 Å². The van der Waals surface area contributed by atoms with Crippen LogP contribution in [-0.2, 0) is 0 Å². The molecule has 5 heteroatoms. The van der Waals surface area contributed by atoms with Crippen molar-refractivity contribution in [2.24, 2.45) is 0 Å². The average Bonchev–Trinajstić information content (AvgIpc) is 2.27. The highest BCUT2D eigenvalue weighted by Gasteiger charge is 2.16. The average molecular weight is 373 g/mol. The normalized spacial score (nSPS) is 10.4. The van der Waals surface area contributed by atoms with Gasteiger partial charge in [0.1, 0.15) is 11.6 Å². The van der Waals surface area contributed by atoms with E-state index < -0.39 is 5.82 Å². The lowest BCUT2D eigenvalue weighted by Gasteiger charge is -2.11. The molecule has 0 saturated carbocycles. The van der Waals surface area contributed by atoms with Crippen LogP contribution in [-0.4, -0.2) is 10.8 Å². The molecule has 0 atom stereocenters. The Morgan fingerprint density at radius 1 is 1.11 bits per heavy atom. The summed E-state index contributed by atoms with van der Waals surface area (Å²) in [6.07, 6.45) is 0. The largest absolute Gasteiger partial charge is 0.507 e. The number of hydrogen-bond acceptors (Lipinski definition) is 2. The molecule has 0 aliphatic rings. The van der Waals surface area contributed by atoms with Crippen LogP contribution in [0.25, 0.3) is 0 Å². The molecule has 0 unspecified atom stereocenters. The molecule has 0 saturated heterocycles. The lowest BCUT2D eigenvalue weighted by molar-refractivity contribution is 0.474. The van der Waals surface area contributed by atoms with Gasteiger partial charge in [0.25, 0.3) is 0 Å². The molecule has 2 aromatic rings.